The van der Waals surface area contributed by atoms with E-state index in [1.165, 1.54) is 11.3 Å². The van der Waals surface area contributed by atoms with Crippen molar-refractivity contribution in [1.29, 1.82) is 0 Å². The van der Waals surface area contributed by atoms with Gasteiger partial charge in [-0.15, -0.1) is 11.3 Å². The van der Waals surface area contributed by atoms with Gasteiger partial charge in [0.2, 0.25) is 0 Å². The fourth-order valence-corrected chi connectivity index (χ4v) is 4.60. The van der Waals surface area contributed by atoms with Crippen molar-refractivity contribution in [2.45, 2.75) is 28.8 Å². The predicted octanol–water partition coefficient (Wildman–Crippen LogP) is 1.14. The third kappa shape index (κ3) is 1.51. The van der Waals surface area contributed by atoms with Gasteiger partial charge >= 0.3 is 0 Å². The molecule has 0 saturated heterocycles. The lowest BCUT2D eigenvalue weighted by atomic mass is 10.3. The van der Waals surface area contributed by atoms with E-state index < -0.39 is 9.84 Å². The summed E-state index contributed by atoms with van der Waals surface area (Å²) >= 11 is 1.28. The van der Waals surface area contributed by atoms with Crippen molar-refractivity contribution in [3.63, 3.8) is 0 Å². The van der Waals surface area contributed by atoms with Crippen LogP contribution in [0.2, 0.25) is 0 Å². The van der Waals surface area contributed by atoms with Crippen LogP contribution >= 0.6 is 11.3 Å². The SMILES string of the molecule is NCc1ccsc1S(=O)(=O)C1CC1. The van der Waals surface area contributed by atoms with Crippen molar-refractivity contribution < 1.29 is 8.42 Å². The van der Waals surface area contributed by atoms with Crippen molar-refractivity contribution in [1.82, 2.24) is 0 Å². The smallest absolute Gasteiger partial charge is 0.190 e. The second-order valence-electron chi connectivity index (χ2n) is 3.18. The molecule has 1 aromatic heterocycles. The van der Waals surface area contributed by atoms with E-state index in [1.807, 2.05) is 0 Å². The third-order valence-corrected chi connectivity index (χ3v) is 6.01. The number of hydrogen-bond donors (Lipinski definition) is 1. The highest BCUT2D eigenvalue weighted by atomic mass is 32.2. The highest BCUT2D eigenvalue weighted by Crippen LogP contribution is 2.37. The number of thiophene rings is 1. The van der Waals surface area contributed by atoms with Crippen LogP contribution in [0.15, 0.2) is 15.7 Å². The van der Waals surface area contributed by atoms with Crippen LogP contribution in [0.5, 0.6) is 0 Å². The van der Waals surface area contributed by atoms with Crippen LogP contribution in [0, 0.1) is 0 Å². The van der Waals surface area contributed by atoms with Crippen molar-refractivity contribution in [2.24, 2.45) is 5.73 Å². The lowest BCUT2D eigenvalue weighted by Gasteiger charge is -2.01. The average Bonchev–Trinajstić information content (AvgIpc) is 2.84. The Balaban J connectivity index is 2.44. The zero-order valence-corrected chi connectivity index (χ0v) is 8.70. The van der Waals surface area contributed by atoms with Gasteiger partial charge in [-0.2, -0.15) is 0 Å². The molecular weight excluding hydrogens is 206 g/mol. The Kier molecular flexibility index (Phi) is 2.17. The van der Waals surface area contributed by atoms with E-state index in [2.05, 4.69) is 0 Å². The van der Waals surface area contributed by atoms with E-state index >= 15 is 0 Å². The highest BCUT2D eigenvalue weighted by molar-refractivity contribution is 7.94. The second-order valence-corrected chi connectivity index (χ2v) is 6.52. The molecule has 2 N–H and O–H groups in total. The summed E-state index contributed by atoms with van der Waals surface area (Å²) in [4.78, 5) is 0. The van der Waals surface area contributed by atoms with Gasteiger partial charge in [0, 0.05) is 6.54 Å². The molecule has 1 fully saturated rings. The number of sulfone groups is 1. The molecule has 0 amide bonds. The molecule has 72 valence electrons. The summed E-state index contributed by atoms with van der Waals surface area (Å²) in [7, 11) is -3.03. The summed E-state index contributed by atoms with van der Waals surface area (Å²) < 4.78 is 24.1. The Bertz CT molecular complexity index is 404. The maximum Gasteiger partial charge on any atom is 0.190 e. The van der Waals surface area contributed by atoms with Gasteiger partial charge in [0.05, 0.1) is 5.25 Å². The molecule has 1 saturated carbocycles. The van der Waals surface area contributed by atoms with E-state index in [1.54, 1.807) is 11.4 Å². The van der Waals surface area contributed by atoms with Crippen LogP contribution in [0.4, 0.5) is 0 Å². The molecule has 5 heteroatoms. The van der Waals surface area contributed by atoms with Gasteiger partial charge in [0.1, 0.15) is 4.21 Å². The van der Waals surface area contributed by atoms with Crippen LogP contribution in [0.25, 0.3) is 0 Å². The van der Waals surface area contributed by atoms with Crippen molar-refractivity contribution in [3.05, 3.63) is 17.0 Å². The van der Waals surface area contributed by atoms with E-state index in [0.717, 1.165) is 18.4 Å². The molecule has 0 unspecified atom stereocenters. The Hall–Kier alpha value is -0.390. The maximum absolute atomic E-state index is 11.8. The van der Waals surface area contributed by atoms with Gasteiger partial charge < -0.3 is 5.73 Å². The minimum Gasteiger partial charge on any atom is -0.326 e. The van der Waals surface area contributed by atoms with Gasteiger partial charge in [0.25, 0.3) is 0 Å². The monoisotopic (exact) mass is 217 g/mol. The zero-order valence-electron chi connectivity index (χ0n) is 7.06. The molecule has 0 aliphatic heterocycles. The fourth-order valence-electron chi connectivity index (χ4n) is 1.25. The Labute approximate surface area is 81.5 Å². The van der Waals surface area contributed by atoms with E-state index in [4.69, 9.17) is 5.73 Å². The van der Waals surface area contributed by atoms with Crippen molar-refractivity contribution in [2.75, 3.05) is 0 Å². The largest absolute Gasteiger partial charge is 0.326 e. The molecule has 0 bridgehead atoms. The number of hydrogen-bond acceptors (Lipinski definition) is 4. The Morgan fingerprint density at radius 3 is 2.77 bits per heavy atom. The molecule has 1 aliphatic rings. The van der Waals surface area contributed by atoms with Gasteiger partial charge in [-0.3, -0.25) is 0 Å². The Morgan fingerprint density at radius 1 is 1.54 bits per heavy atom. The molecule has 13 heavy (non-hydrogen) atoms. The van der Waals surface area contributed by atoms with E-state index in [-0.39, 0.29) is 5.25 Å². The van der Waals surface area contributed by atoms with Gasteiger partial charge in [-0.25, -0.2) is 8.42 Å². The van der Waals surface area contributed by atoms with Gasteiger partial charge in [0.15, 0.2) is 9.84 Å². The number of rotatable bonds is 3. The first kappa shape index (κ1) is 9.18. The first-order chi connectivity index (χ1) is 6.16. The molecule has 1 aliphatic carbocycles. The highest BCUT2D eigenvalue weighted by Gasteiger charge is 2.38. The molecule has 0 radical (unpaired) electrons. The minimum atomic E-state index is -3.03. The third-order valence-electron chi connectivity index (χ3n) is 2.15. The molecular formula is C8H11NO2S2. The second kappa shape index (κ2) is 3.08. The normalized spacial score (nSPS) is 17.6. The van der Waals surface area contributed by atoms with Crippen LogP contribution in [-0.4, -0.2) is 13.7 Å². The fraction of sp³-hybridized carbons (Fsp3) is 0.500. The first-order valence-electron chi connectivity index (χ1n) is 4.16. The molecule has 1 heterocycles. The molecule has 3 nitrogen and oxygen atoms in total. The number of nitrogens with two attached hydrogens (primary N) is 1. The lowest BCUT2D eigenvalue weighted by molar-refractivity contribution is 0.596. The maximum atomic E-state index is 11.8. The molecule has 0 aromatic carbocycles. The lowest BCUT2D eigenvalue weighted by Crippen LogP contribution is -2.09. The van der Waals surface area contributed by atoms with Crippen LogP contribution in [0.1, 0.15) is 18.4 Å². The Morgan fingerprint density at radius 2 is 2.23 bits per heavy atom. The summed E-state index contributed by atoms with van der Waals surface area (Å²) in [6.45, 7) is 0.310. The van der Waals surface area contributed by atoms with Crippen LogP contribution < -0.4 is 5.73 Å². The summed E-state index contributed by atoms with van der Waals surface area (Å²) in [5.41, 5.74) is 6.22. The summed E-state index contributed by atoms with van der Waals surface area (Å²) in [5, 5.41) is 1.66. The summed E-state index contributed by atoms with van der Waals surface area (Å²) in [6, 6.07) is 1.79. The minimum absolute atomic E-state index is 0.128. The average molecular weight is 217 g/mol. The van der Waals surface area contributed by atoms with E-state index in [0.29, 0.717) is 10.8 Å². The topological polar surface area (TPSA) is 60.2 Å². The predicted molar refractivity (Wildman–Crippen MR) is 52.4 cm³/mol. The molecule has 0 atom stereocenters. The van der Waals surface area contributed by atoms with Gasteiger partial charge in [-0.1, -0.05) is 0 Å². The molecule has 2 rings (SSSR count). The molecule has 1 aromatic rings. The standard InChI is InChI=1S/C8H11NO2S2/c9-5-6-3-4-12-8(6)13(10,11)7-1-2-7/h3-4,7H,1-2,5,9H2. The summed E-state index contributed by atoms with van der Waals surface area (Å²) in [5.74, 6) is 0. The van der Waals surface area contributed by atoms with Crippen molar-refractivity contribution in [3.8, 4) is 0 Å². The quantitative estimate of drug-likeness (QED) is 0.826. The van der Waals surface area contributed by atoms with Crippen LogP contribution in [0.3, 0.4) is 0 Å². The van der Waals surface area contributed by atoms with Gasteiger partial charge in [-0.05, 0) is 29.9 Å². The zero-order chi connectivity index (χ0) is 9.47. The summed E-state index contributed by atoms with van der Waals surface area (Å²) in [6.07, 6.45) is 1.62. The molecule has 0 spiro atoms. The van der Waals surface area contributed by atoms with Crippen LogP contribution in [-0.2, 0) is 16.4 Å². The van der Waals surface area contributed by atoms with E-state index in [9.17, 15) is 8.42 Å². The van der Waals surface area contributed by atoms with Crippen molar-refractivity contribution >= 4 is 21.2 Å². The first-order valence-corrected chi connectivity index (χ1v) is 6.59.